The van der Waals surface area contributed by atoms with Crippen LogP contribution in [-0.2, 0) is 11.0 Å². The highest BCUT2D eigenvalue weighted by molar-refractivity contribution is 5.85. The lowest BCUT2D eigenvalue weighted by molar-refractivity contribution is -0.141. The van der Waals surface area contributed by atoms with Crippen LogP contribution in [0.4, 0.5) is 30.6 Å². The Balaban J connectivity index is 1.35. The minimum Gasteiger partial charge on any atom is -0.357 e. The number of aryl methyl sites for hydroxylation is 1. The number of nitrogens with zero attached hydrogens (tertiary/aromatic N) is 5. The lowest BCUT2D eigenvalue weighted by Crippen LogP contribution is -2.44. The van der Waals surface area contributed by atoms with E-state index in [1.807, 2.05) is 49.2 Å². The molecule has 4 heterocycles. The zero-order valence-corrected chi connectivity index (χ0v) is 20.1. The molecule has 2 aliphatic rings. The van der Waals surface area contributed by atoms with E-state index < -0.39 is 11.9 Å². The maximum atomic E-state index is 13.0. The van der Waals surface area contributed by atoms with Crippen molar-refractivity contribution in [1.29, 1.82) is 0 Å². The van der Waals surface area contributed by atoms with Crippen molar-refractivity contribution in [2.75, 3.05) is 36.9 Å². The molecule has 1 amide bonds. The van der Waals surface area contributed by atoms with E-state index in [9.17, 15) is 18.0 Å². The molecule has 0 radical (unpaired) electrons. The number of aromatic nitrogens is 3. The number of carbonyl (C=O) groups excluding carboxylic acids is 1. The van der Waals surface area contributed by atoms with E-state index >= 15 is 0 Å². The monoisotopic (exact) mass is 496 g/mol. The summed E-state index contributed by atoms with van der Waals surface area (Å²) in [6.45, 7) is 4.28. The summed E-state index contributed by atoms with van der Waals surface area (Å²) in [6.07, 6.45) is 0.853. The van der Waals surface area contributed by atoms with Gasteiger partial charge in [-0.3, -0.25) is 4.79 Å². The van der Waals surface area contributed by atoms with Crippen LogP contribution in [0.25, 0.3) is 11.1 Å². The Hall–Kier alpha value is -3.69. The highest BCUT2D eigenvalue weighted by atomic mass is 19.4. The van der Waals surface area contributed by atoms with Gasteiger partial charge in [0, 0.05) is 44.8 Å². The van der Waals surface area contributed by atoms with Crippen LogP contribution in [0.1, 0.15) is 30.5 Å². The summed E-state index contributed by atoms with van der Waals surface area (Å²) in [5.41, 5.74) is 2.13. The predicted molar refractivity (Wildman–Crippen MR) is 131 cm³/mol. The first kappa shape index (κ1) is 24.0. The van der Waals surface area contributed by atoms with Crippen LogP contribution in [-0.4, -0.2) is 52.4 Å². The summed E-state index contributed by atoms with van der Waals surface area (Å²) in [6, 6.07) is 10.5. The number of alkyl halides is 3. The number of nitrogens with one attached hydrogen (secondary N) is 1. The second-order valence-corrected chi connectivity index (χ2v) is 9.62. The van der Waals surface area contributed by atoms with Gasteiger partial charge in [-0.2, -0.15) is 13.2 Å². The Labute approximate surface area is 207 Å². The molecule has 188 valence electrons. The number of carbonyl (C=O) groups is 1. The van der Waals surface area contributed by atoms with Crippen molar-refractivity contribution >= 4 is 23.4 Å². The molecule has 2 aliphatic heterocycles. The van der Waals surface area contributed by atoms with Crippen LogP contribution in [0.15, 0.2) is 48.8 Å². The van der Waals surface area contributed by atoms with Gasteiger partial charge in [0.1, 0.15) is 11.5 Å². The van der Waals surface area contributed by atoms with E-state index in [0.29, 0.717) is 5.69 Å². The largest absolute Gasteiger partial charge is 0.433 e. The van der Waals surface area contributed by atoms with Crippen LogP contribution in [0.2, 0.25) is 0 Å². The Morgan fingerprint density at radius 2 is 1.67 bits per heavy atom. The molecule has 3 aromatic rings. The summed E-state index contributed by atoms with van der Waals surface area (Å²) < 4.78 is 39.1. The van der Waals surface area contributed by atoms with Crippen LogP contribution >= 0.6 is 0 Å². The summed E-state index contributed by atoms with van der Waals surface area (Å²) in [5.74, 6) is 0.984. The van der Waals surface area contributed by atoms with Crippen LogP contribution < -0.4 is 10.2 Å². The molecule has 5 rings (SSSR count). The van der Waals surface area contributed by atoms with E-state index in [2.05, 4.69) is 25.2 Å². The van der Waals surface area contributed by atoms with Gasteiger partial charge in [0.15, 0.2) is 0 Å². The van der Waals surface area contributed by atoms with Gasteiger partial charge in [-0.1, -0.05) is 6.07 Å². The van der Waals surface area contributed by atoms with E-state index in [1.54, 1.807) is 6.20 Å². The third-order valence-corrected chi connectivity index (χ3v) is 7.13. The van der Waals surface area contributed by atoms with Crippen molar-refractivity contribution in [3.05, 3.63) is 60.0 Å². The lowest BCUT2D eigenvalue weighted by atomic mass is 9.77. The third-order valence-electron chi connectivity index (χ3n) is 7.13. The van der Waals surface area contributed by atoms with Crippen LogP contribution in [0, 0.1) is 12.3 Å². The van der Waals surface area contributed by atoms with Crippen LogP contribution in [0.3, 0.4) is 0 Å². The molecule has 10 heteroatoms. The Morgan fingerprint density at radius 1 is 0.944 bits per heavy atom. The molecular weight excluding hydrogens is 469 g/mol. The molecule has 0 bridgehead atoms. The van der Waals surface area contributed by atoms with E-state index in [-0.39, 0.29) is 17.3 Å². The van der Waals surface area contributed by atoms with Crippen LogP contribution in [0.5, 0.6) is 0 Å². The van der Waals surface area contributed by atoms with Gasteiger partial charge in [0.25, 0.3) is 0 Å². The van der Waals surface area contributed by atoms with Crippen molar-refractivity contribution in [2.24, 2.45) is 5.41 Å². The molecule has 1 spiro atoms. The van der Waals surface area contributed by atoms with Gasteiger partial charge in [-0.15, -0.1) is 0 Å². The molecule has 7 nitrogen and oxygen atoms in total. The summed E-state index contributed by atoms with van der Waals surface area (Å²) in [7, 11) is 1.87. The first-order valence-corrected chi connectivity index (χ1v) is 11.9. The topological polar surface area (TPSA) is 74.2 Å². The average Bonchev–Trinajstić information content (AvgIpc) is 3.12. The van der Waals surface area contributed by atoms with Gasteiger partial charge in [0.05, 0.1) is 5.41 Å². The quantitative estimate of drug-likeness (QED) is 0.545. The number of halogens is 3. The Morgan fingerprint density at radius 3 is 2.36 bits per heavy atom. The van der Waals surface area contributed by atoms with Crippen molar-refractivity contribution in [2.45, 2.75) is 32.4 Å². The molecular formula is C26H27F3N6O. The minimum absolute atomic E-state index is 0.119. The van der Waals surface area contributed by atoms with Crippen molar-refractivity contribution in [1.82, 2.24) is 19.9 Å². The molecule has 0 atom stereocenters. The number of amides is 1. The van der Waals surface area contributed by atoms with Gasteiger partial charge < -0.3 is 15.1 Å². The number of rotatable bonds is 4. The second-order valence-electron chi connectivity index (χ2n) is 9.62. The van der Waals surface area contributed by atoms with Gasteiger partial charge in [-0.05, 0) is 73.2 Å². The highest BCUT2D eigenvalue weighted by Gasteiger charge is 2.47. The molecule has 1 aromatic carbocycles. The molecule has 1 N–H and O–H groups in total. The molecule has 36 heavy (non-hydrogen) atoms. The molecule has 0 unspecified atom stereocenters. The first-order valence-electron chi connectivity index (χ1n) is 11.9. The standard InChI is InChI=1S/C26H27F3N6O/c1-17-13-19(15-20(14-17)32-24-31-9-4-21(33-24)26(27,28)29)18-3-8-30-22(16-18)35-11-6-25(7-12-35)5-10-34(2)23(25)36/h3-4,8-9,13-16H,5-7,10-12H2,1-2H3,(H,31,32,33). The van der Waals surface area contributed by atoms with E-state index in [0.717, 1.165) is 73.7 Å². The second kappa shape index (κ2) is 9.07. The minimum atomic E-state index is -4.54. The maximum Gasteiger partial charge on any atom is 0.433 e. The van der Waals surface area contributed by atoms with E-state index in [4.69, 9.17) is 0 Å². The summed E-state index contributed by atoms with van der Waals surface area (Å²) >= 11 is 0. The number of anilines is 3. The average molecular weight is 497 g/mol. The maximum absolute atomic E-state index is 13.0. The highest BCUT2D eigenvalue weighted by Crippen LogP contribution is 2.42. The zero-order chi connectivity index (χ0) is 25.5. The smallest absolute Gasteiger partial charge is 0.357 e. The molecule has 2 aromatic heterocycles. The summed E-state index contributed by atoms with van der Waals surface area (Å²) in [4.78, 5) is 28.8. The first-order chi connectivity index (χ1) is 17.1. The lowest BCUT2D eigenvalue weighted by Gasteiger charge is -2.38. The molecule has 0 aliphatic carbocycles. The number of likely N-dealkylation sites (tertiary alicyclic amines) is 1. The number of piperidine rings is 1. The Bertz CT molecular complexity index is 1290. The molecule has 2 fully saturated rings. The molecule has 2 saturated heterocycles. The SMILES string of the molecule is Cc1cc(Nc2nccc(C(F)(F)F)n2)cc(-c2ccnc(N3CCC4(CCN(C)C4=O)CC3)c2)c1. The van der Waals surface area contributed by atoms with Crippen molar-refractivity contribution < 1.29 is 18.0 Å². The number of benzene rings is 1. The van der Waals surface area contributed by atoms with Crippen molar-refractivity contribution in [3.63, 3.8) is 0 Å². The number of hydrogen-bond donors (Lipinski definition) is 1. The van der Waals surface area contributed by atoms with E-state index in [1.165, 1.54) is 0 Å². The summed E-state index contributed by atoms with van der Waals surface area (Å²) in [5, 5.41) is 2.90. The third kappa shape index (κ3) is 4.72. The van der Waals surface area contributed by atoms with Gasteiger partial charge in [0.2, 0.25) is 11.9 Å². The number of pyridine rings is 1. The predicted octanol–water partition coefficient (Wildman–Crippen LogP) is 5.06. The fourth-order valence-corrected chi connectivity index (χ4v) is 5.12. The van der Waals surface area contributed by atoms with Crippen molar-refractivity contribution in [3.8, 4) is 11.1 Å². The normalized spacial score (nSPS) is 17.6. The number of hydrogen-bond acceptors (Lipinski definition) is 6. The fraction of sp³-hybridized carbons (Fsp3) is 0.385. The molecule has 0 saturated carbocycles. The zero-order valence-electron chi connectivity index (χ0n) is 20.1. The fourth-order valence-electron chi connectivity index (χ4n) is 5.12. The Kier molecular flexibility index (Phi) is 6.05. The van der Waals surface area contributed by atoms with Gasteiger partial charge >= 0.3 is 6.18 Å². The van der Waals surface area contributed by atoms with Gasteiger partial charge in [-0.25, -0.2) is 15.0 Å².